The highest BCUT2D eigenvalue weighted by atomic mass is 79.9. The fourth-order valence-corrected chi connectivity index (χ4v) is 1.48. The SMILES string of the molecule is C#CCCOc1ccc(Br)cc1CN. The molecule has 0 aliphatic heterocycles. The van der Waals surface area contributed by atoms with E-state index in [0.29, 0.717) is 19.6 Å². The minimum atomic E-state index is 0.463. The molecule has 3 heteroatoms. The second-order valence-corrected chi connectivity index (χ2v) is 3.67. The predicted octanol–water partition coefficient (Wildman–Crippen LogP) is 2.31. The van der Waals surface area contributed by atoms with Crippen LogP contribution >= 0.6 is 15.9 Å². The zero-order valence-corrected chi connectivity index (χ0v) is 9.38. The van der Waals surface area contributed by atoms with Crippen molar-refractivity contribution in [1.82, 2.24) is 0 Å². The first-order valence-corrected chi connectivity index (χ1v) is 5.12. The van der Waals surface area contributed by atoms with Crippen LogP contribution in [-0.2, 0) is 6.54 Å². The second kappa shape index (κ2) is 5.69. The van der Waals surface area contributed by atoms with Crippen LogP contribution < -0.4 is 10.5 Å². The number of ether oxygens (including phenoxy) is 1. The van der Waals surface area contributed by atoms with E-state index in [4.69, 9.17) is 16.9 Å². The van der Waals surface area contributed by atoms with E-state index in [0.717, 1.165) is 15.8 Å². The molecule has 0 unspecified atom stereocenters. The maximum atomic E-state index is 5.58. The molecule has 1 aromatic rings. The van der Waals surface area contributed by atoms with Gasteiger partial charge in [0.15, 0.2) is 0 Å². The Labute approximate surface area is 92.6 Å². The molecule has 0 saturated carbocycles. The molecule has 0 aliphatic carbocycles. The van der Waals surface area contributed by atoms with Crippen molar-refractivity contribution in [2.45, 2.75) is 13.0 Å². The Morgan fingerprint density at radius 3 is 2.93 bits per heavy atom. The summed E-state index contributed by atoms with van der Waals surface area (Å²) in [5.74, 6) is 3.33. The van der Waals surface area contributed by atoms with Gasteiger partial charge in [-0.3, -0.25) is 0 Å². The smallest absolute Gasteiger partial charge is 0.123 e. The average molecular weight is 254 g/mol. The van der Waals surface area contributed by atoms with Crippen LogP contribution in [0.4, 0.5) is 0 Å². The highest BCUT2D eigenvalue weighted by Gasteiger charge is 2.01. The molecule has 0 heterocycles. The van der Waals surface area contributed by atoms with Crippen molar-refractivity contribution in [3.8, 4) is 18.1 Å². The van der Waals surface area contributed by atoms with Crippen LogP contribution in [0.25, 0.3) is 0 Å². The van der Waals surface area contributed by atoms with Crippen molar-refractivity contribution < 1.29 is 4.74 Å². The second-order valence-electron chi connectivity index (χ2n) is 2.76. The summed E-state index contributed by atoms with van der Waals surface area (Å²) in [7, 11) is 0. The van der Waals surface area contributed by atoms with Crippen LogP contribution in [0.1, 0.15) is 12.0 Å². The van der Waals surface area contributed by atoms with E-state index in [2.05, 4.69) is 21.9 Å². The molecule has 74 valence electrons. The van der Waals surface area contributed by atoms with E-state index in [1.807, 2.05) is 18.2 Å². The lowest BCUT2D eigenvalue weighted by molar-refractivity contribution is 0.324. The first-order valence-electron chi connectivity index (χ1n) is 4.32. The Kier molecular flexibility index (Phi) is 4.51. The minimum absolute atomic E-state index is 0.463. The van der Waals surface area contributed by atoms with Gasteiger partial charge in [0.05, 0.1) is 6.61 Å². The molecule has 2 N–H and O–H groups in total. The van der Waals surface area contributed by atoms with E-state index in [1.54, 1.807) is 0 Å². The molecule has 2 nitrogen and oxygen atoms in total. The Morgan fingerprint density at radius 1 is 1.50 bits per heavy atom. The number of terminal acetylenes is 1. The van der Waals surface area contributed by atoms with Crippen molar-refractivity contribution in [1.29, 1.82) is 0 Å². The van der Waals surface area contributed by atoms with Gasteiger partial charge in [0.1, 0.15) is 5.75 Å². The van der Waals surface area contributed by atoms with Crippen LogP contribution in [0.3, 0.4) is 0 Å². The number of nitrogens with two attached hydrogens (primary N) is 1. The molecule has 0 bridgehead atoms. The molecule has 0 atom stereocenters. The number of hydrogen-bond acceptors (Lipinski definition) is 2. The van der Waals surface area contributed by atoms with Gasteiger partial charge in [-0.1, -0.05) is 15.9 Å². The van der Waals surface area contributed by atoms with Crippen molar-refractivity contribution in [3.63, 3.8) is 0 Å². The van der Waals surface area contributed by atoms with E-state index >= 15 is 0 Å². The molecule has 0 saturated heterocycles. The molecule has 0 aromatic heterocycles. The lowest BCUT2D eigenvalue weighted by atomic mass is 10.2. The van der Waals surface area contributed by atoms with Crippen LogP contribution in [0.2, 0.25) is 0 Å². The van der Waals surface area contributed by atoms with Gasteiger partial charge in [0.2, 0.25) is 0 Å². The highest BCUT2D eigenvalue weighted by Crippen LogP contribution is 2.22. The zero-order valence-electron chi connectivity index (χ0n) is 7.79. The Hall–Kier alpha value is -0.980. The van der Waals surface area contributed by atoms with Gasteiger partial charge < -0.3 is 10.5 Å². The van der Waals surface area contributed by atoms with E-state index in [1.165, 1.54) is 0 Å². The lowest BCUT2D eigenvalue weighted by Crippen LogP contribution is -2.03. The quantitative estimate of drug-likeness (QED) is 0.661. The molecule has 0 amide bonds. The summed E-state index contributed by atoms with van der Waals surface area (Å²) in [5, 5.41) is 0. The summed E-state index contributed by atoms with van der Waals surface area (Å²) < 4.78 is 6.48. The number of rotatable bonds is 4. The first kappa shape index (κ1) is 11.1. The topological polar surface area (TPSA) is 35.2 Å². The van der Waals surface area contributed by atoms with Crippen molar-refractivity contribution in [3.05, 3.63) is 28.2 Å². The number of benzene rings is 1. The molecular formula is C11H12BrNO. The van der Waals surface area contributed by atoms with Gasteiger partial charge in [-0.25, -0.2) is 0 Å². The third kappa shape index (κ3) is 3.06. The van der Waals surface area contributed by atoms with E-state index < -0.39 is 0 Å². The zero-order chi connectivity index (χ0) is 10.4. The number of halogens is 1. The molecular weight excluding hydrogens is 242 g/mol. The van der Waals surface area contributed by atoms with Crippen LogP contribution in [0.15, 0.2) is 22.7 Å². The third-order valence-corrected chi connectivity index (χ3v) is 2.24. The average Bonchev–Trinajstić information content (AvgIpc) is 2.20. The maximum absolute atomic E-state index is 5.58. The summed E-state index contributed by atoms with van der Waals surface area (Å²) in [5.41, 5.74) is 6.57. The standard InChI is InChI=1S/C11H12BrNO/c1-2-3-6-14-11-5-4-10(12)7-9(11)8-13/h1,4-5,7H,3,6,8,13H2. The molecule has 1 rings (SSSR count). The summed E-state index contributed by atoms with van der Waals surface area (Å²) in [6.45, 7) is 0.996. The van der Waals surface area contributed by atoms with Crippen molar-refractivity contribution in [2.75, 3.05) is 6.61 Å². The van der Waals surface area contributed by atoms with E-state index in [-0.39, 0.29) is 0 Å². The lowest BCUT2D eigenvalue weighted by Gasteiger charge is -2.09. The Balaban J connectivity index is 2.71. The highest BCUT2D eigenvalue weighted by molar-refractivity contribution is 9.10. The van der Waals surface area contributed by atoms with Gasteiger partial charge in [-0.15, -0.1) is 12.3 Å². The Bertz CT molecular complexity index is 344. The maximum Gasteiger partial charge on any atom is 0.123 e. The van der Waals surface area contributed by atoms with Gasteiger partial charge in [-0.05, 0) is 18.2 Å². The van der Waals surface area contributed by atoms with Crippen LogP contribution in [0.5, 0.6) is 5.75 Å². The monoisotopic (exact) mass is 253 g/mol. The van der Waals surface area contributed by atoms with Crippen LogP contribution in [-0.4, -0.2) is 6.61 Å². The predicted molar refractivity (Wildman–Crippen MR) is 61.0 cm³/mol. The minimum Gasteiger partial charge on any atom is -0.492 e. The number of hydrogen-bond donors (Lipinski definition) is 1. The van der Waals surface area contributed by atoms with Gasteiger partial charge in [0, 0.05) is 23.0 Å². The first-order chi connectivity index (χ1) is 6.77. The normalized spacial score (nSPS) is 9.50. The summed E-state index contributed by atoms with van der Waals surface area (Å²) in [6, 6.07) is 5.76. The van der Waals surface area contributed by atoms with Crippen molar-refractivity contribution >= 4 is 15.9 Å². The van der Waals surface area contributed by atoms with Crippen molar-refractivity contribution in [2.24, 2.45) is 5.73 Å². The largest absolute Gasteiger partial charge is 0.492 e. The molecule has 0 spiro atoms. The van der Waals surface area contributed by atoms with E-state index in [9.17, 15) is 0 Å². The summed E-state index contributed by atoms with van der Waals surface area (Å²) in [6.07, 6.45) is 5.74. The molecule has 0 fully saturated rings. The Morgan fingerprint density at radius 2 is 2.29 bits per heavy atom. The fraction of sp³-hybridized carbons (Fsp3) is 0.273. The summed E-state index contributed by atoms with van der Waals surface area (Å²) in [4.78, 5) is 0. The fourth-order valence-electron chi connectivity index (χ4n) is 1.07. The van der Waals surface area contributed by atoms with Gasteiger partial charge in [0.25, 0.3) is 0 Å². The van der Waals surface area contributed by atoms with Gasteiger partial charge >= 0.3 is 0 Å². The van der Waals surface area contributed by atoms with Crippen LogP contribution in [0, 0.1) is 12.3 Å². The third-order valence-electron chi connectivity index (χ3n) is 1.75. The van der Waals surface area contributed by atoms with Gasteiger partial charge in [-0.2, -0.15) is 0 Å². The summed E-state index contributed by atoms with van der Waals surface area (Å²) >= 11 is 3.38. The molecule has 0 aliphatic rings. The molecule has 1 aromatic carbocycles. The molecule has 14 heavy (non-hydrogen) atoms. The molecule has 0 radical (unpaired) electrons.